The van der Waals surface area contributed by atoms with E-state index >= 15 is 0 Å². The Labute approximate surface area is 108 Å². The van der Waals surface area contributed by atoms with Crippen LogP contribution >= 0.6 is 0 Å². The maximum atomic E-state index is 6.10. The maximum Gasteiger partial charge on any atom is 0.0306 e. The van der Waals surface area contributed by atoms with Gasteiger partial charge in [0.15, 0.2) is 0 Å². The standard InChI is InChI=1S/C15H32N2/c1-13(2)9-10-15(4,12-16)17-11-7-5-6-8-14(17)3/h13-14H,5-12,16H2,1-4H3. The Morgan fingerprint density at radius 3 is 2.59 bits per heavy atom. The molecule has 1 aliphatic heterocycles. The van der Waals surface area contributed by atoms with Crippen LogP contribution in [-0.2, 0) is 0 Å². The van der Waals surface area contributed by atoms with Gasteiger partial charge < -0.3 is 5.73 Å². The third-order valence-electron chi connectivity index (χ3n) is 4.45. The van der Waals surface area contributed by atoms with Crippen LogP contribution in [0.4, 0.5) is 0 Å². The van der Waals surface area contributed by atoms with Gasteiger partial charge in [-0.25, -0.2) is 0 Å². The predicted molar refractivity (Wildman–Crippen MR) is 76.2 cm³/mol. The second-order valence-electron chi connectivity index (χ2n) is 6.53. The zero-order valence-corrected chi connectivity index (χ0v) is 12.3. The quantitative estimate of drug-likeness (QED) is 0.798. The Kier molecular flexibility index (Phi) is 5.94. The minimum Gasteiger partial charge on any atom is -0.329 e. The van der Waals surface area contributed by atoms with Crippen molar-refractivity contribution in [2.75, 3.05) is 13.1 Å². The number of hydrogen-bond donors (Lipinski definition) is 1. The molecule has 1 aliphatic rings. The summed E-state index contributed by atoms with van der Waals surface area (Å²) in [6.07, 6.45) is 8.01. The fraction of sp³-hybridized carbons (Fsp3) is 1.00. The zero-order chi connectivity index (χ0) is 12.9. The molecule has 2 nitrogen and oxygen atoms in total. The minimum atomic E-state index is 0.216. The van der Waals surface area contributed by atoms with Gasteiger partial charge >= 0.3 is 0 Å². The SMILES string of the molecule is CC(C)CCC(C)(CN)N1CCCCCC1C. The Morgan fingerprint density at radius 2 is 2.00 bits per heavy atom. The van der Waals surface area contributed by atoms with Gasteiger partial charge in [0, 0.05) is 18.1 Å². The lowest BCUT2D eigenvalue weighted by Gasteiger charge is -2.44. The molecule has 0 saturated carbocycles. The molecule has 2 N–H and O–H groups in total. The molecule has 0 spiro atoms. The first-order valence-electron chi connectivity index (χ1n) is 7.46. The van der Waals surface area contributed by atoms with Crippen LogP contribution in [0.5, 0.6) is 0 Å². The van der Waals surface area contributed by atoms with Crippen LogP contribution in [0.2, 0.25) is 0 Å². The Hall–Kier alpha value is -0.0800. The van der Waals surface area contributed by atoms with Gasteiger partial charge in [-0.1, -0.05) is 26.7 Å². The number of nitrogens with two attached hydrogens (primary N) is 1. The van der Waals surface area contributed by atoms with E-state index in [-0.39, 0.29) is 5.54 Å². The molecule has 0 radical (unpaired) electrons. The molecule has 0 aromatic carbocycles. The van der Waals surface area contributed by atoms with Crippen LogP contribution in [-0.4, -0.2) is 29.6 Å². The van der Waals surface area contributed by atoms with Gasteiger partial charge in [-0.05, 0) is 52.0 Å². The van der Waals surface area contributed by atoms with Crippen molar-refractivity contribution in [2.45, 2.75) is 77.8 Å². The largest absolute Gasteiger partial charge is 0.329 e. The third kappa shape index (κ3) is 4.26. The van der Waals surface area contributed by atoms with Crippen molar-refractivity contribution in [2.24, 2.45) is 11.7 Å². The summed E-state index contributed by atoms with van der Waals surface area (Å²) in [6, 6.07) is 0.707. The normalized spacial score (nSPS) is 26.8. The number of likely N-dealkylation sites (tertiary alicyclic amines) is 1. The van der Waals surface area contributed by atoms with Crippen molar-refractivity contribution >= 4 is 0 Å². The summed E-state index contributed by atoms with van der Waals surface area (Å²) in [6.45, 7) is 11.4. The molecule has 0 bridgehead atoms. The molecule has 2 unspecified atom stereocenters. The highest BCUT2D eigenvalue weighted by atomic mass is 15.2. The number of rotatable bonds is 5. The number of hydrogen-bond acceptors (Lipinski definition) is 2. The molecule has 17 heavy (non-hydrogen) atoms. The molecule has 1 saturated heterocycles. The average Bonchev–Trinajstić information content (AvgIpc) is 2.51. The highest BCUT2D eigenvalue weighted by Crippen LogP contribution is 2.29. The van der Waals surface area contributed by atoms with E-state index in [0.717, 1.165) is 12.5 Å². The van der Waals surface area contributed by atoms with Gasteiger partial charge in [0.05, 0.1) is 0 Å². The van der Waals surface area contributed by atoms with E-state index < -0.39 is 0 Å². The summed E-state index contributed by atoms with van der Waals surface area (Å²) < 4.78 is 0. The second-order valence-corrected chi connectivity index (χ2v) is 6.53. The van der Waals surface area contributed by atoms with Crippen molar-refractivity contribution < 1.29 is 0 Å². The fourth-order valence-corrected chi connectivity index (χ4v) is 3.04. The zero-order valence-electron chi connectivity index (χ0n) is 12.3. The van der Waals surface area contributed by atoms with E-state index in [9.17, 15) is 0 Å². The van der Waals surface area contributed by atoms with Gasteiger partial charge in [0.1, 0.15) is 0 Å². The fourth-order valence-electron chi connectivity index (χ4n) is 3.04. The van der Waals surface area contributed by atoms with Crippen molar-refractivity contribution in [3.05, 3.63) is 0 Å². The van der Waals surface area contributed by atoms with E-state index in [0.29, 0.717) is 6.04 Å². The lowest BCUT2D eigenvalue weighted by molar-refractivity contribution is 0.0596. The Bertz CT molecular complexity index is 215. The van der Waals surface area contributed by atoms with Gasteiger partial charge in [-0.3, -0.25) is 4.90 Å². The molecule has 0 aromatic rings. The maximum absolute atomic E-state index is 6.10. The van der Waals surface area contributed by atoms with Gasteiger partial charge in [0.2, 0.25) is 0 Å². The van der Waals surface area contributed by atoms with Crippen molar-refractivity contribution in [3.8, 4) is 0 Å². The van der Waals surface area contributed by atoms with Crippen LogP contribution in [0.3, 0.4) is 0 Å². The highest BCUT2D eigenvalue weighted by Gasteiger charge is 2.33. The molecule has 102 valence electrons. The Morgan fingerprint density at radius 1 is 1.29 bits per heavy atom. The predicted octanol–water partition coefficient (Wildman–Crippen LogP) is 3.40. The molecule has 2 atom stereocenters. The third-order valence-corrected chi connectivity index (χ3v) is 4.45. The van der Waals surface area contributed by atoms with Crippen LogP contribution in [0.25, 0.3) is 0 Å². The smallest absolute Gasteiger partial charge is 0.0306 e. The molecule has 1 rings (SSSR count). The topological polar surface area (TPSA) is 29.3 Å². The minimum absolute atomic E-state index is 0.216. The summed E-state index contributed by atoms with van der Waals surface area (Å²) in [5, 5.41) is 0. The molecule has 0 aromatic heterocycles. The molecular weight excluding hydrogens is 208 g/mol. The first kappa shape index (κ1) is 15.0. The first-order chi connectivity index (χ1) is 7.99. The molecule has 0 amide bonds. The van der Waals surface area contributed by atoms with Crippen LogP contribution in [0.15, 0.2) is 0 Å². The van der Waals surface area contributed by atoms with E-state index in [1.54, 1.807) is 0 Å². The second kappa shape index (κ2) is 6.75. The van der Waals surface area contributed by atoms with Crippen LogP contribution in [0, 0.1) is 5.92 Å². The monoisotopic (exact) mass is 240 g/mol. The molecule has 0 aliphatic carbocycles. The van der Waals surface area contributed by atoms with E-state index in [1.807, 2.05) is 0 Å². The highest BCUT2D eigenvalue weighted by molar-refractivity contribution is 4.91. The van der Waals surface area contributed by atoms with E-state index in [2.05, 4.69) is 32.6 Å². The summed E-state index contributed by atoms with van der Waals surface area (Å²) in [5.74, 6) is 0.781. The van der Waals surface area contributed by atoms with Crippen LogP contribution < -0.4 is 5.73 Å². The first-order valence-corrected chi connectivity index (χ1v) is 7.46. The molecular formula is C15H32N2. The Balaban J connectivity index is 2.67. The number of nitrogens with zero attached hydrogens (tertiary/aromatic N) is 1. The lowest BCUT2D eigenvalue weighted by Crippen LogP contribution is -2.55. The van der Waals surface area contributed by atoms with Gasteiger partial charge in [0.25, 0.3) is 0 Å². The molecule has 1 fully saturated rings. The van der Waals surface area contributed by atoms with Crippen molar-refractivity contribution in [1.29, 1.82) is 0 Å². The van der Waals surface area contributed by atoms with Crippen molar-refractivity contribution in [1.82, 2.24) is 4.90 Å². The van der Waals surface area contributed by atoms with Crippen LogP contribution in [0.1, 0.15) is 66.2 Å². The van der Waals surface area contributed by atoms with Crippen molar-refractivity contribution in [3.63, 3.8) is 0 Å². The summed E-state index contributed by atoms with van der Waals surface area (Å²) in [4.78, 5) is 2.70. The summed E-state index contributed by atoms with van der Waals surface area (Å²) >= 11 is 0. The average molecular weight is 240 g/mol. The molecule has 1 heterocycles. The van der Waals surface area contributed by atoms with Gasteiger partial charge in [-0.2, -0.15) is 0 Å². The summed E-state index contributed by atoms with van der Waals surface area (Å²) in [5.41, 5.74) is 6.31. The van der Waals surface area contributed by atoms with Gasteiger partial charge in [-0.15, -0.1) is 0 Å². The van der Waals surface area contributed by atoms with E-state index in [4.69, 9.17) is 5.73 Å². The van der Waals surface area contributed by atoms with E-state index in [1.165, 1.54) is 45.1 Å². The lowest BCUT2D eigenvalue weighted by atomic mass is 9.88. The summed E-state index contributed by atoms with van der Waals surface area (Å²) in [7, 11) is 0. The molecule has 2 heteroatoms.